The van der Waals surface area contributed by atoms with Crippen molar-refractivity contribution in [1.82, 2.24) is 10.2 Å². The topological polar surface area (TPSA) is 105 Å². The summed E-state index contributed by atoms with van der Waals surface area (Å²) in [6.45, 7) is 1.32. The number of carboxylic acids is 1. The fourth-order valence-corrected chi connectivity index (χ4v) is 3.97. The Balaban J connectivity index is 0.000000336. The van der Waals surface area contributed by atoms with Gasteiger partial charge in [-0.15, -0.1) is 11.6 Å². The maximum Gasteiger partial charge on any atom is 0.416 e. The molecule has 2 aliphatic rings. The van der Waals surface area contributed by atoms with Crippen molar-refractivity contribution in [3.63, 3.8) is 0 Å². The highest BCUT2D eigenvalue weighted by atomic mass is 35.5. The number of methoxy groups -OCH3 is 1. The van der Waals surface area contributed by atoms with Crippen molar-refractivity contribution in [1.29, 1.82) is 0 Å². The van der Waals surface area contributed by atoms with Crippen LogP contribution in [0.25, 0.3) is 0 Å². The second kappa shape index (κ2) is 13.3. The molecule has 37 heavy (non-hydrogen) atoms. The molecule has 2 aromatic rings. The van der Waals surface area contributed by atoms with Crippen molar-refractivity contribution in [3.8, 4) is 0 Å². The lowest BCUT2D eigenvalue weighted by atomic mass is 9.92. The van der Waals surface area contributed by atoms with Crippen LogP contribution < -0.4 is 5.32 Å². The molecule has 2 aliphatic heterocycles. The van der Waals surface area contributed by atoms with E-state index in [9.17, 15) is 27.6 Å². The number of rotatable bonds is 4. The molecule has 0 aromatic heterocycles. The number of carbonyl (C=O) groups excluding carboxylic acids is 2. The second-order valence-corrected chi connectivity index (χ2v) is 8.19. The molecule has 4 rings (SSSR count). The van der Waals surface area contributed by atoms with Crippen molar-refractivity contribution in [2.75, 3.05) is 33.1 Å². The Kier molecular flexibility index (Phi) is 10.8. The molecule has 1 spiro atoms. The molecule has 0 unspecified atom stereocenters. The number of carbonyl (C=O) groups is 3. The van der Waals surface area contributed by atoms with Gasteiger partial charge in [-0.05, 0) is 42.9 Å². The largest absolute Gasteiger partial charge is 0.478 e. The van der Waals surface area contributed by atoms with Crippen LogP contribution in [0.1, 0.15) is 44.7 Å². The van der Waals surface area contributed by atoms with Gasteiger partial charge in [0.2, 0.25) is 0 Å². The van der Waals surface area contributed by atoms with E-state index in [0.29, 0.717) is 37.6 Å². The van der Waals surface area contributed by atoms with Gasteiger partial charge in [-0.2, -0.15) is 13.2 Å². The first kappa shape index (κ1) is 29.9. The number of hydrogen-bond donors (Lipinski definition) is 2. The van der Waals surface area contributed by atoms with E-state index in [-0.39, 0.29) is 24.6 Å². The SMILES string of the molecule is CCl.COC(=O)c1ccccc1.O=C(O)c1ccc(CN2CC3(CCNCC3)OC2=O)c(C(F)(F)F)c1. The minimum Gasteiger partial charge on any atom is -0.478 e. The number of nitrogens with one attached hydrogen (secondary N) is 1. The maximum absolute atomic E-state index is 13.3. The fourth-order valence-electron chi connectivity index (χ4n) is 3.97. The van der Waals surface area contributed by atoms with E-state index in [0.717, 1.165) is 12.1 Å². The van der Waals surface area contributed by atoms with Crippen molar-refractivity contribution in [2.24, 2.45) is 0 Å². The second-order valence-electron chi connectivity index (χ2n) is 8.19. The third kappa shape index (κ3) is 8.09. The van der Waals surface area contributed by atoms with Crippen LogP contribution in [-0.2, 0) is 22.2 Å². The van der Waals surface area contributed by atoms with E-state index < -0.39 is 35.0 Å². The molecule has 2 saturated heterocycles. The number of esters is 1. The first-order valence-corrected chi connectivity index (χ1v) is 11.9. The summed E-state index contributed by atoms with van der Waals surface area (Å²) in [5.41, 5.74) is -1.71. The van der Waals surface area contributed by atoms with Gasteiger partial charge in [0.05, 0.1) is 30.3 Å². The Morgan fingerprint density at radius 2 is 1.73 bits per heavy atom. The molecular formula is C25H28ClF3N2O6. The minimum atomic E-state index is -4.71. The summed E-state index contributed by atoms with van der Waals surface area (Å²) < 4.78 is 49.8. The highest BCUT2D eigenvalue weighted by Gasteiger charge is 2.46. The smallest absolute Gasteiger partial charge is 0.416 e. The normalized spacial score (nSPS) is 16.1. The molecule has 0 bridgehead atoms. The van der Waals surface area contributed by atoms with Gasteiger partial charge in [0.1, 0.15) is 5.60 Å². The molecule has 202 valence electrons. The first-order valence-electron chi connectivity index (χ1n) is 11.2. The molecule has 2 fully saturated rings. The molecule has 2 heterocycles. The van der Waals surface area contributed by atoms with Crippen molar-refractivity contribution >= 4 is 29.6 Å². The van der Waals surface area contributed by atoms with Crippen molar-refractivity contribution in [3.05, 3.63) is 70.8 Å². The van der Waals surface area contributed by atoms with Crippen LogP contribution in [0.15, 0.2) is 48.5 Å². The molecule has 0 aliphatic carbocycles. The molecule has 1 amide bonds. The molecule has 2 aromatic carbocycles. The van der Waals surface area contributed by atoms with Gasteiger partial charge in [-0.1, -0.05) is 24.3 Å². The van der Waals surface area contributed by atoms with Crippen LogP contribution in [0, 0.1) is 0 Å². The Labute approximate surface area is 217 Å². The number of hydrogen-bond acceptors (Lipinski definition) is 6. The minimum absolute atomic E-state index is 0.152. The van der Waals surface area contributed by atoms with Crippen LogP contribution in [-0.4, -0.2) is 66.8 Å². The molecule has 2 N–H and O–H groups in total. The first-order chi connectivity index (χ1) is 17.5. The third-order valence-corrected chi connectivity index (χ3v) is 5.77. The monoisotopic (exact) mass is 544 g/mol. The number of nitrogens with zero attached hydrogens (tertiary/aromatic N) is 1. The van der Waals surface area contributed by atoms with Gasteiger partial charge in [0.15, 0.2) is 0 Å². The number of amides is 1. The van der Waals surface area contributed by atoms with E-state index >= 15 is 0 Å². The summed E-state index contributed by atoms with van der Waals surface area (Å²) in [5.74, 6) is -1.73. The summed E-state index contributed by atoms with van der Waals surface area (Å²) in [7, 11) is 1.37. The summed E-state index contributed by atoms with van der Waals surface area (Å²) in [6.07, 6.45) is -2.66. The zero-order valence-corrected chi connectivity index (χ0v) is 21.1. The molecule has 12 heteroatoms. The average molecular weight is 545 g/mol. The quantitative estimate of drug-likeness (QED) is 0.420. The standard InChI is InChI=1S/C16H17F3N2O4.C8H8O2.CH3Cl/c17-16(18,19)12-7-10(13(22)23)1-2-11(12)8-21-9-15(25-14(21)24)3-5-20-6-4-15;1-10-8(9)7-5-3-2-4-6-7;1-2/h1-2,7,20H,3-6,8-9H2,(H,22,23);2-6H,1H3;1H3. The summed E-state index contributed by atoms with van der Waals surface area (Å²) in [5, 5.41) is 12.0. The lowest BCUT2D eigenvalue weighted by molar-refractivity contribution is -0.138. The molecule has 8 nitrogen and oxygen atoms in total. The predicted molar refractivity (Wildman–Crippen MR) is 130 cm³/mol. The number of piperidine rings is 1. The van der Waals surface area contributed by atoms with Crippen LogP contribution in [0.4, 0.5) is 18.0 Å². The molecule has 0 radical (unpaired) electrons. The van der Waals surface area contributed by atoms with E-state index in [4.69, 9.17) is 9.84 Å². The Morgan fingerprint density at radius 3 is 2.27 bits per heavy atom. The Bertz CT molecular complexity index is 1080. The van der Waals surface area contributed by atoms with Crippen LogP contribution in [0.5, 0.6) is 0 Å². The van der Waals surface area contributed by atoms with E-state index in [1.165, 1.54) is 18.4 Å². The number of aromatic carboxylic acids is 1. The van der Waals surface area contributed by atoms with Crippen molar-refractivity contribution in [2.45, 2.75) is 31.2 Å². The molecule has 0 saturated carbocycles. The zero-order valence-electron chi connectivity index (χ0n) is 20.3. The van der Waals surface area contributed by atoms with Gasteiger partial charge in [-0.25, -0.2) is 14.4 Å². The maximum atomic E-state index is 13.3. The highest BCUT2D eigenvalue weighted by molar-refractivity contribution is 6.15. The zero-order chi connectivity index (χ0) is 27.6. The highest BCUT2D eigenvalue weighted by Crippen LogP contribution is 2.36. The lowest BCUT2D eigenvalue weighted by Crippen LogP contribution is -2.44. The van der Waals surface area contributed by atoms with E-state index in [1.54, 1.807) is 24.3 Å². The van der Waals surface area contributed by atoms with Gasteiger partial charge in [0.25, 0.3) is 0 Å². The lowest BCUT2D eigenvalue weighted by Gasteiger charge is -2.31. The number of benzene rings is 2. The van der Waals surface area contributed by atoms with Gasteiger partial charge in [-0.3, -0.25) is 4.90 Å². The van der Waals surface area contributed by atoms with E-state index in [2.05, 4.69) is 21.7 Å². The summed E-state index contributed by atoms with van der Waals surface area (Å²) in [6, 6.07) is 11.7. The molecular weight excluding hydrogens is 517 g/mol. The summed E-state index contributed by atoms with van der Waals surface area (Å²) in [4.78, 5) is 35.1. The fraction of sp³-hybridized carbons (Fsp3) is 0.400. The van der Waals surface area contributed by atoms with E-state index in [1.807, 2.05) is 6.07 Å². The van der Waals surface area contributed by atoms with Gasteiger partial charge >= 0.3 is 24.2 Å². The van der Waals surface area contributed by atoms with Crippen LogP contribution in [0.3, 0.4) is 0 Å². The average Bonchev–Trinajstić information content (AvgIpc) is 3.19. The number of alkyl halides is 4. The molecule has 0 atom stereocenters. The third-order valence-electron chi connectivity index (χ3n) is 5.77. The van der Waals surface area contributed by atoms with Crippen molar-refractivity contribution < 1.29 is 42.1 Å². The predicted octanol–water partition coefficient (Wildman–Crippen LogP) is 4.81. The van der Waals surface area contributed by atoms with Gasteiger partial charge in [0, 0.05) is 25.8 Å². The van der Waals surface area contributed by atoms with Gasteiger partial charge < -0.3 is 19.9 Å². The summed E-state index contributed by atoms with van der Waals surface area (Å²) >= 11 is 4.64. The Morgan fingerprint density at radius 1 is 1.11 bits per heavy atom. The van der Waals surface area contributed by atoms with Crippen LogP contribution >= 0.6 is 11.6 Å². The number of carboxylic acid groups (broad SMARTS) is 1. The number of halogens is 4. The Hall–Kier alpha value is -3.31. The van der Waals surface area contributed by atoms with Crippen LogP contribution in [0.2, 0.25) is 0 Å². The number of ether oxygens (including phenoxy) is 2.